The molecular weight excluding hydrogens is 209 g/mol. The van der Waals surface area contributed by atoms with Crippen molar-refractivity contribution in [1.82, 2.24) is 5.32 Å². The smallest absolute Gasteiger partial charge is 0.325 e. The van der Waals surface area contributed by atoms with Gasteiger partial charge in [0.25, 0.3) is 0 Å². The summed E-state index contributed by atoms with van der Waals surface area (Å²) in [6, 6.07) is 3.61. The topological polar surface area (TPSA) is 49.3 Å². The van der Waals surface area contributed by atoms with Crippen LogP contribution in [0.5, 0.6) is 0 Å². The van der Waals surface area contributed by atoms with E-state index in [-0.39, 0.29) is 5.82 Å². The van der Waals surface area contributed by atoms with Crippen LogP contribution < -0.4 is 5.32 Å². The van der Waals surface area contributed by atoms with Crippen molar-refractivity contribution < 1.29 is 14.3 Å². The lowest BCUT2D eigenvalue weighted by Gasteiger charge is -2.14. The minimum Gasteiger partial charge on any atom is -0.480 e. The van der Waals surface area contributed by atoms with Gasteiger partial charge in [-0.25, -0.2) is 4.39 Å². The maximum absolute atomic E-state index is 13.0. The Morgan fingerprint density at radius 2 is 2.25 bits per heavy atom. The van der Waals surface area contributed by atoms with Crippen LogP contribution in [-0.2, 0) is 4.79 Å². The number of nitrogens with one attached hydrogen (secondary N) is 1. The fourth-order valence-corrected chi connectivity index (χ4v) is 1.48. The first kappa shape index (κ1) is 12.6. The van der Waals surface area contributed by atoms with Crippen molar-refractivity contribution >= 4 is 5.97 Å². The fourth-order valence-electron chi connectivity index (χ4n) is 1.48. The van der Waals surface area contributed by atoms with Crippen LogP contribution >= 0.6 is 0 Å². The molecule has 0 aliphatic carbocycles. The lowest BCUT2D eigenvalue weighted by molar-refractivity contribution is -0.139. The lowest BCUT2D eigenvalue weighted by atomic mass is 10.0. The number of halogens is 1. The van der Waals surface area contributed by atoms with Gasteiger partial charge in [0.2, 0.25) is 0 Å². The third-order valence-corrected chi connectivity index (χ3v) is 2.36. The number of carbonyl (C=O) groups is 1. The van der Waals surface area contributed by atoms with Gasteiger partial charge in [0.15, 0.2) is 0 Å². The van der Waals surface area contributed by atoms with Crippen molar-refractivity contribution in [3.05, 3.63) is 35.1 Å². The summed E-state index contributed by atoms with van der Waals surface area (Å²) < 4.78 is 13.0. The molecule has 0 fully saturated rings. The standard InChI is InChI=1S/C12H16FNO2/c1-3-6-14-11(12(15)16)9-4-5-10(13)8(2)7-9/h4-5,7,11,14H,3,6H2,1-2H3,(H,15,16). The number of carboxylic acids is 1. The Labute approximate surface area is 94.3 Å². The number of rotatable bonds is 5. The molecule has 1 atom stereocenters. The van der Waals surface area contributed by atoms with Gasteiger partial charge in [-0.1, -0.05) is 19.1 Å². The molecule has 0 heterocycles. The molecule has 0 spiro atoms. The van der Waals surface area contributed by atoms with Crippen molar-refractivity contribution in [2.75, 3.05) is 6.54 Å². The Bertz CT molecular complexity index is 379. The first-order valence-corrected chi connectivity index (χ1v) is 5.28. The Morgan fingerprint density at radius 1 is 1.56 bits per heavy atom. The van der Waals surface area contributed by atoms with E-state index in [1.54, 1.807) is 13.0 Å². The Hall–Kier alpha value is -1.42. The summed E-state index contributed by atoms with van der Waals surface area (Å²) in [6.45, 7) is 4.20. The van der Waals surface area contributed by atoms with E-state index in [0.717, 1.165) is 6.42 Å². The van der Waals surface area contributed by atoms with Crippen LogP contribution in [0.2, 0.25) is 0 Å². The quantitative estimate of drug-likeness (QED) is 0.808. The van der Waals surface area contributed by atoms with Gasteiger partial charge in [0, 0.05) is 0 Å². The molecule has 0 aliphatic heterocycles. The maximum Gasteiger partial charge on any atom is 0.325 e. The van der Waals surface area contributed by atoms with Crippen molar-refractivity contribution in [1.29, 1.82) is 0 Å². The molecule has 0 aliphatic rings. The van der Waals surface area contributed by atoms with Gasteiger partial charge in [0.05, 0.1) is 0 Å². The van der Waals surface area contributed by atoms with Crippen LogP contribution in [0.15, 0.2) is 18.2 Å². The van der Waals surface area contributed by atoms with E-state index in [9.17, 15) is 9.18 Å². The molecule has 1 rings (SSSR count). The monoisotopic (exact) mass is 225 g/mol. The summed E-state index contributed by atoms with van der Waals surface area (Å²) in [4.78, 5) is 11.0. The summed E-state index contributed by atoms with van der Waals surface area (Å²) in [7, 11) is 0. The highest BCUT2D eigenvalue weighted by Crippen LogP contribution is 2.17. The average Bonchev–Trinajstić information content (AvgIpc) is 2.23. The van der Waals surface area contributed by atoms with E-state index in [1.807, 2.05) is 6.92 Å². The second-order valence-electron chi connectivity index (χ2n) is 3.73. The molecule has 3 nitrogen and oxygen atoms in total. The first-order valence-electron chi connectivity index (χ1n) is 5.28. The van der Waals surface area contributed by atoms with Crippen LogP contribution in [0, 0.1) is 12.7 Å². The normalized spacial score (nSPS) is 12.4. The number of benzene rings is 1. The van der Waals surface area contributed by atoms with Gasteiger partial charge >= 0.3 is 5.97 Å². The number of hydrogen-bond donors (Lipinski definition) is 2. The van der Waals surface area contributed by atoms with Crippen molar-refractivity contribution in [2.24, 2.45) is 0 Å². The lowest BCUT2D eigenvalue weighted by Crippen LogP contribution is -2.29. The third-order valence-electron chi connectivity index (χ3n) is 2.36. The molecule has 1 unspecified atom stereocenters. The second-order valence-corrected chi connectivity index (χ2v) is 3.73. The second kappa shape index (κ2) is 5.61. The Morgan fingerprint density at radius 3 is 2.75 bits per heavy atom. The molecule has 88 valence electrons. The highest BCUT2D eigenvalue weighted by molar-refractivity contribution is 5.75. The zero-order valence-electron chi connectivity index (χ0n) is 9.46. The molecule has 0 saturated heterocycles. The summed E-state index contributed by atoms with van der Waals surface area (Å²) in [5.74, 6) is -1.26. The SMILES string of the molecule is CCCNC(C(=O)O)c1ccc(F)c(C)c1. The van der Waals surface area contributed by atoms with E-state index < -0.39 is 12.0 Å². The molecule has 0 amide bonds. The molecule has 0 bridgehead atoms. The molecule has 16 heavy (non-hydrogen) atoms. The van der Waals surface area contributed by atoms with Gasteiger partial charge < -0.3 is 10.4 Å². The van der Waals surface area contributed by atoms with Gasteiger partial charge in [0.1, 0.15) is 11.9 Å². The van der Waals surface area contributed by atoms with Crippen molar-refractivity contribution in [3.8, 4) is 0 Å². The molecule has 2 N–H and O–H groups in total. The fraction of sp³-hybridized carbons (Fsp3) is 0.417. The zero-order chi connectivity index (χ0) is 12.1. The summed E-state index contributed by atoms with van der Waals surface area (Å²) in [6.07, 6.45) is 0.851. The van der Waals surface area contributed by atoms with Crippen molar-refractivity contribution in [2.45, 2.75) is 26.3 Å². The summed E-state index contributed by atoms with van der Waals surface area (Å²) in [5.41, 5.74) is 1.04. The van der Waals surface area contributed by atoms with E-state index in [4.69, 9.17) is 5.11 Å². The number of hydrogen-bond acceptors (Lipinski definition) is 2. The molecule has 0 saturated carbocycles. The van der Waals surface area contributed by atoms with Crippen LogP contribution in [0.3, 0.4) is 0 Å². The van der Waals surface area contributed by atoms with E-state index in [0.29, 0.717) is 17.7 Å². The third kappa shape index (κ3) is 3.03. The van der Waals surface area contributed by atoms with Crippen molar-refractivity contribution in [3.63, 3.8) is 0 Å². The molecule has 1 aromatic carbocycles. The summed E-state index contributed by atoms with van der Waals surface area (Å²) in [5, 5.41) is 12.0. The maximum atomic E-state index is 13.0. The highest BCUT2D eigenvalue weighted by Gasteiger charge is 2.19. The highest BCUT2D eigenvalue weighted by atomic mass is 19.1. The van der Waals surface area contributed by atoms with Gasteiger partial charge in [-0.2, -0.15) is 0 Å². The largest absolute Gasteiger partial charge is 0.480 e. The average molecular weight is 225 g/mol. The minimum absolute atomic E-state index is 0.316. The van der Waals surface area contributed by atoms with Crippen LogP contribution in [-0.4, -0.2) is 17.6 Å². The van der Waals surface area contributed by atoms with Gasteiger partial charge in [-0.05, 0) is 37.1 Å². The Kier molecular flexibility index (Phi) is 4.43. The molecule has 1 aromatic rings. The van der Waals surface area contributed by atoms with Crippen LogP contribution in [0.1, 0.15) is 30.5 Å². The predicted molar refractivity (Wildman–Crippen MR) is 59.8 cm³/mol. The molecule has 4 heteroatoms. The number of aliphatic carboxylic acids is 1. The number of carboxylic acid groups (broad SMARTS) is 1. The Balaban J connectivity index is 2.92. The molecular formula is C12H16FNO2. The van der Waals surface area contributed by atoms with E-state index >= 15 is 0 Å². The van der Waals surface area contributed by atoms with Crippen LogP contribution in [0.25, 0.3) is 0 Å². The van der Waals surface area contributed by atoms with E-state index in [1.165, 1.54) is 12.1 Å². The number of aryl methyl sites for hydroxylation is 1. The molecule has 0 aromatic heterocycles. The molecule has 0 radical (unpaired) electrons. The van der Waals surface area contributed by atoms with E-state index in [2.05, 4.69) is 5.32 Å². The van der Waals surface area contributed by atoms with Gasteiger partial charge in [-0.3, -0.25) is 4.79 Å². The van der Waals surface area contributed by atoms with Crippen LogP contribution in [0.4, 0.5) is 4.39 Å². The van der Waals surface area contributed by atoms with Gasteiger partial charge in [-0.15, -0.1) is 0 Å². The minimum atomic E-state index is -0.945. The zero-order valence-corrected chi connectivity index (χ0v) is 9.46. The first-order chi connectivity index (χ1) is 7.56. The summed E-state index contributed by atoms with van der Waals surface area (Å²) >= 11 is 0. The predicted octanol–water partition coefficient (Wildman–Crippen LogP) is 2.26.